The molecule has 1 aromatic heterocycles. The predicted molar refractivity (Wildman–Crippen MR) is 115 cm³/mol. The Kier molecular flexibility index (Phi) is 4.97. The number of nitrogens with zero attached hydrogens (tertiary/aromatic N) is 5. The second kappa shape index (κ2) is 7.87. The fourth-order valence-electron chi connectivity index (χ4n) is 2.93. The Morgan fingerprint density at radius 1 is 1.29 bits per heavy atom. The van der Waals surface area contributed by atoms with Crippen molar-refractivity contribution >= 4 is 29.0 Å². The Morgan fingerprint density at radius 2 is 2.14 bits per heavy atom. The molecule has 3 N–H and O–H groups in total. The van der Waals surface area contributed by atoms with Crippen molar-refractivity contribution in [1.82, 2.24) is 9.89 Å². The molecule has 1 aromatic carbocycles. The van der Waals surface area contributed by atoms with E-state index in [0.717, 1.165) is 28.4 Å². The molecule has 0 fully saturated rings. The van der Waals surface area contributed by atoms with Gasteiger partial charge in [-0.2, -0.15) is 9.89 Å². The SMILES string of the molecule is C/C(=C\N=C1/CC=CN=C1Nc1ccc(C2C=CN=C2)cc1)c1cnn(N)c1. The van der Waals surface area contributed by atoms with E-state index in [1.807, 2.05) is 43.7 Å². The highest BCUT2D eigenvalue weighted by Crippen LogP contribution is 2.21. The number of amidine groups is 1. The van der Waals surface area contributed by atoms with E-state index in [0.29, 0.717) is 6.42 Å². The maximum atomic E-state index is 5.61. The number of aliphatic imine (C=N–C) groups is 3. The number of hydrogen-bond acceptors (Lipinski definition) is 6. The van der Waals surface area contributed by atoms with Crippen LogP contribution in [0.5, 0.6) is 0 Å². The van der Waals surface area contributed by atoms with Crippen LogP contribution in [0.3, 0.4) is 0 Å². The lowest BCUT2D eigenvalue weighted by Crippen LogP contribution is -2.24. The number of nitrogens with two attached hydrogens (primary N) is 1. The third-order valence-corrected chi connectivity index (χ3v) is 4.55. The van der Waals surface area contributed by atoms with Crippen molar-refractivity contribution in [1.29, 1.82) is 0 Å². The maximum absolute atomic E-state index is 5.61. The maximum Gasteiger partial charge on any atom is 0.152 e. The van der Waals surface area contributed by atoms with Crippen molar-refractivity contribution in [3.63, 3.8) is 0 Å². The quantitative estimate of drug-likeness (QED) is 0.806. The van der Waals surface area contributed by atoms with E-state index in [4.69, 9.17) is 5.84 Å². The number of hydrogen-bond donors (Lipinski definition) is 2. The lowest BCUT2D eigenvalue weighted by Gasteiger charge is -2.14. The number of allylic oxidation sites excluding steroid dienone is 3. The predicted octanol–water partition coefficient (Wildman–Crippen LogP) is 3.51. The average Bonchev–Trinajstić information content (AvgIpc) is 3.40. The van der Waals surface area contributed by atoms with E-state index in [9.17, 15) is 0 Å². The van der Waals surface area contributed by atoms with Gasteiger partial charge in [0.2, 0.25) is 0 Å². The molecule has 7 heteroatoms. The molecule has 1 unspecified atom stereocenters. The molecule has 0 amide bonds. The van der Waals surface area contributed by atoms with E-state index in [2.05, 4.69) is 43.6 Å². The lowest BCUT2D eigenvalue weighted by molar-refractivity contribution is 0.832. The number of nitrogen functional groups attached to an aromatic ring is 1. The van der Waals surface area contributed by atoms with Crippen LogP contribution < -0.4 is 11.2 Å². The van der Waals surface area contributed by atoms with Gasteiger partial charge < -0.3 is 11.2 Å². The van der Waals surface area contributed by atoms with Crippen LogP contribution in [0.1, 0.15) is 30.4 Å². The van der Waals surface area contributed by atoms with Gasteiger partial charge in [-0.15, -0.1) is 0 Å². The largest absolute Gasteiger partial charge is 0.339 e. The van der Waals surface area contributed by atoms with Crippen LogP contribution in [0.15, 0.2) is 82.4 Å². The second-order valence-corrected chi connectivity index (χ2v) is 6.58. The molecule has 2 aliphatic heterocycles. The first-order chi connectivity index (χ1) is 13.7. The molecular formula is C21H21N7. The van der Waals surface area contributed by atoms with Crippen LogP contribution in [-0.2, 0) is 0 Å². The first-order valence-electron chi connectivity index (χ1n) is 9.03. The van der Waals surface area contributed by atoms with Crippen LogP contribution in [0.2, 0.25) is 0 Å². The van der Waals surface area contributed by atoms with Crippen molar-refractivity contribution in [2.24, 2.45) is 15.0 Å². The van der Waals surface area contributed by atoms with Crippen molar-refractivity contribution in [3.8, 4) is 0 Å². The summed E-state index contributed by atoms with van der Waals surface area (Å²) in [5.41, 5.74) is 4.96. The smallest absolute Gasteiger partial charge is 0.152 e. The minimum atomic E-state index is 0.257. The molecule has 7 nitrogen and oxygen atoms in total. The summed E-state index contributed by atoms with van der Waals surface area (Å²) in [4.78, 5) is 14.5. The molecule has 2 aliphatic rings. The Morgan fingerprint density at radius 3 is 2.86 bits per heavy atom. The highest BCUT2D eigenvalue weighted by molar-refractivity contribution is 6.46. The highest BCUT2D eigenvalue weighted by Gasteiger charge is 2.12. The summed E-state index contributed by atoms with van der Waals surface area (Å²) in [7, 11) is 0. The molecule has 0 saturated carbocycles. The summed E-state index contributed by atoms with van der Waals surface area (Å²) in [6.07, 6.45) is 15.6. The zero-order valence-corrected chi connectivity index (χ0v) is 15.5. The van der Waals surface area contributed by atoms with Gasteiger partial charge in [-0.05, 0) is 30.2 Å². The van der Waals surface area contributed by atoms with Gasteiger partial charge >= 0.3 is 0 Å². The van der Waals surface area contributed by atoms with E-state index >= 15 is 0 Å². The molecule has 0 bridgehead atoms. The van der Waals surface area contributed by atoms with Gasteiger partial charge in [0.15, 0.2) is 5.84 Å². The Labute approximate surface area is 163 Å². The Balaban J connectivity index is 1.49. The van der Waals surface area contributed by atoms with Crippen LogP contribution in [0.25, 0.3) is 5.57 Å². The molecule has 0 radical (unpaired) electrons. The summed E-state index contributed by atoms with van der Waals surface area (Å²) in [6.45, 7) is 1.98. The molecule has 3 heterocycles. The third kappa shape index (κ3) is 3.98. The third-order valence-electron chi connectivity index (χ3n) is 4.55. The van der Waals surface area contributed by atoms with Crippen molar-refractivity contribution in [2.45, 2.75) is 19.3 Å². The number of nitrogens with one attached hydrogen (secondary N) is 1. The lowest BCUT2D eigenvalue weighted by atomic mass is 10.0. The summed E-state index contributed by atoms with van der Waals surface area (Å²) < 4.78 is 0. The Bertz CT molecular complexity index is 1020. The molecule has 1 atom stereocenters. The monoisotopic (exact) mass is 371 g/mol. The first kappa shape index (κ1) is 17.7. The van der Waals surface area contributed by atoms with Crippen LogP contribution in [-0.4, -0.2) is 27.7 Å². The molecule has 0 saturated heterocycles. The molecule has 4 rings (SSSR count). The van der Waals surface area contributed by atoms with E-state index in [1.54, 1.807) is 18.6 Å². The zero-order valence-electron chi connectivity index (χ0n) is 15.5. The van der Waals surface area contributed by atoms with Crippen molar-refractivity contribution in [3.05, 3.63) is 78.5 Å². The molecule has 28 heavy (non-hydrogen) atoms. The van der Waals surface area contributed by atoms with Crippen molar-refractivity contribution in [2.75, 3.05) is 11.2 Å². The number of benzene rings is 1. The van der Waals surface area contributed by atoms with E-state index in [-0.39, 0.29) is 5.92 Å². The second-order valence-electron chi connectivity index (χ2n) is 6.58. The highest BCUT2D eigenvalue weighted by atomic mass is 15.5. The van der Waals surface area contributed by atoms with Crippen LogP contribution in [0.4, 0.5) is 5.69 Å². The molecule has 2 aromatic rings. The van der Waals surface area contributed by atoms with Crippen LogP contribution in [0, 0.1) is 0 Å². The summed E-state index contributed by atoms with van der Waals surface area (Å²) in [5, 5.41) is 7.35. The Hall–Kier alpha value is -3.74. The fraction of sp³-hybridized carbons (Fsp3) is 0.143. The number of anilines is 1. The summed E-state index contributed by atoms with van der Waals surface area (Å²) in [6, 6.07) is 8.29. The normalized spacial score (nSPS) is 20.0. The zero-order chi connectivity index (χ0) is 19.3. The molecule has 0 spiro atoms. The summed E-state index contributed by atoms with van der Waals surface area (Å²) >= 11 is 0. The van der Waals surface area contributed by atoms with Gasteiger partial charge in [0, 0.05) is 48.4 Å². The standard InChI is InChI=1S/C21H21N7/c1-15(18-13-26-28(22)14-18)11-25-20-3-2-9-24-21(20)27-19-6-4-16(5-7-19)17-8-10-23-12-17/h2,4-14,17H,3,22H2,1H3,(H,24,27)/b15-11+,25-20+. The van der Waals surface area contributed by atoms with Gasteiger partial charge in [0.1, 0.15) is 0 Å². The first-order valence-corrected chi connectivity index (χ1v) is 9.03. The van der Waals surface area contributed by atoms with Gasteiger partial charge in [0.25, 0.3) is 0 Å². The van der Waals surface area contributed by atoms with Crippen LogP contribution >= 0.6 is 0 Å². The average molecular weight is 371 g/mol. The molecular weight excluding hydrogens is 350 g/mol. The number of rotatable bonds is 4. The van der Waals surface area contributed by atoms with E-state index < -0.39 is 0 Å². The fourth-order valence-corrected chi connectivity index (χ4v) is 2.93. The van der Waals surface area contributed by atoms with Gasteiger partial charge in [0.05, 0.1) is 18.1 Å². The minimum absolute atomic E-state index is 0.257. The van der Waals surface area contributed by atoms with Gasteiger partial charge in [-0.3, -0.25) is 9.98 Å². The molecule has 140 valence electrons. The summed E-state index contributed by atoms with van der Waals surface area (Å²) in [5.74, 6) is 6.61. The minimum Gasteiger partial charge on any atom is -0.339 e. The van der Waals surface area contributed by atoms with Gasteiger partial charge in [-0.25, -0.2) is 4.99 Å². The van der Waals surface area contributed by atoms with Crippen molar-refractivity contribution < 1.29 is 0 Å². The van der Waals surface area contributed by atoms with E-state index in [1.165, 1.54) is 10.4 Å². The topological polar surface area (TPSA) is 93.0 Å². The van der Waals surface area contributed by atoms with Gasteiger partial charge in [-0.1, -0.05) is 24.3 Å². The molecule has 0 aliphatic carbocycles. The number of aromatic nitrogens is 2.